The third-order valence-electron chi connectivity index (χ3n) is 4.57. The van der Waals surface area contributed by atoms with E-state index < -0.39 is 0 Å². The van der Waals surface area contributed by atoms with Crippen molar-refractivity contribution in [3.05, 3.63) is 34.5 Å². The van der Waals surface area contributed by atoms with Crippen LogP contribution in [0.15, 0.2) is 18.2 Å². The number of hydrogen-bond acceptors (Lipinski definition) is 2. The van der Waals surface area contributed by atoms with Gasteiger partial charge in [-0.3, -0.25) is 4.79 Å². The molecule has 118 valence electrons. The van der Waals surface area contributed by atoms with Crippen molar-refractivity contribution < 1.29 is 4.79 Å². The molecule has 1 aliphatic carbocycles. The second-order valence-electron chi connectivity index (χ2n) is 6.29. The molecule has 1 heterocycles. The molecule has 1 fully saturated rings. The number of nitrogens with two attached hydrogens (primary N) is 1. The van der Waals surface area contributed by atoms with E-state index in [9.17, 15) is 4.79 Å². The van der Waals surface area contributed by atoms with Gasteiger partial charge in [0, 0.05) is 16.9 Å². The smallest absolute Gasteiger partial charge is 0.269 e. The number of H-pyrrole nitrogens is 1. The maximum absolute atomic E-state index is 12.5. The van der Waals surface area contributed by atoms with Crippen molar-refractivity contribution in [3.63, 3.8) is 0 Å². The molecule has 0 aliphatic heterocycles. The van der Waals surface area contributed by atoms with Crippen molar-refractivity contribution in [3.8, 4) is 0 Å². The van der Waals surface area contributed by atoms with Gasteiger partial charge in [0.25, 0.3) is 5.91 Å². The number of aromatic nitrogens is 1. The van der Waals surface area contributed by atoms with Crippen molar-refractivity contribution in [1.82, 2.24) is 10.3 Å². The lowest BCUT2D eigenvalue weighted by molar-refractivity contribution is 0.0933. The Hall–Kier alpha value is -1.52. The summed E-state index contributed by atoms with van der Waals surface area (Å²) in [7, 11) is 0. The van der Waals surface area contributed by atoms with E-state index >= 15 is 0 Å². The van der Waals surface area contributed by atoms with Crippen molar-refractivity contribution in [2.24, 2.45) is 11.7 Å². The van der Waals surface area contributed by atoms with E-state index in [-0.39, 0.29) is 11.9 Å². The average Bonchev–Trinajstić information content (AvgIpc) is 3.05. The van der Waals surface area contributed by atoms with Crippen LogP contribution in [0.5, 0.6) is 0 Å². The van der Waals surface area contributed by atoms with Crippen LogP contribution in [0.3, 0.4) is 0 Å². The zero-order chi connectivity index (χ0) is 15.7. The van der Waals surface area contributed by atoms with E-state index in [1.807, 2.05) is 25.1 Å². The Morgan fingerprint density at radius 2 is 2.27 bits per heavy atom. The molecule has 5 heteroatoms. The molecule has 2 atom stereocenters. The van der Waals surface area contributed by atoms with E-state index in [0.29, 0.717) is 16.6 Å². The summed E-state index contributed by atoms with van der Waals surface area (Å²) in [5, 5.41) is 4.51. The van der Waals surface area contributed by atoms with E-state index in [2.05, 4.69) is 10.3 Å². The van der Waals surface area contributed by atoms with Crippen LogP contribution < -0.4 is 11.1 Å². The van der Waals surface area contributed by atoms with Crippen LogP contribution in [0.4, 0.5) is 0 Å². The van der Waals surface area contributed by atoms with Gasteiger partial charge in [-0.1, -0.05) is 23.2 Å². The summed E-state index contributed by atoms with van der Waals surface area (Å²) in [5.41, 5.74) is 8.10. The van der Waals surface area contributed by atoms with Gasteiger partial charge >= 0.3 is 0 Å². The lowest BCUT2D eigenvalue weighted by atomic mass is 10.0. The number of aryl methyl sites for hydroxylation is 1. The molecule has 1 saturated carbocycles. The summed E-state index contributed by atoms with van der Waals surface area (Å²) in [5.74, 6) is 0.522. The highest BCUT2D eigenvalue weighted by Gasteiger charge is 2.27. The molecule has 0 spiro atoms. The maximum Gasteiger partial charge on any atom is 0.269 e. The van der Waals surface area contributed by atoms with Crippen LogP contribution in [0.1, 0.15) is 41.7 Å². The molecule has 2 aromatic rings. The Morgan fingerprint density at radius 1 is 1.45 bits per heavy atom. The molecule has 4 N–H and O–H groups in total. The van der Waals surface area contributed by atoms with Crippen molar-refractivity contribution >= 4 is 28.4 Å². The number of hydrogen-bond donors (Lipinski definition) is 3. The number of rotatable bonds is 4. The molecule has 4 nitrogen and oxygen atoms in total. The molecule has 0 bridgehead atoms. The zero-order valence-corrected chi connectivity index (χ0v) is 13.5. The number of amides is 1. The Balaban J connectivity index is 1.74. The fourth-order valence-corrected chi connectivity index (χ4v) is 3.68. The second-order valence-corrected chi connectivity index (χ2v) is 6.67. The topological polar surface area (TPSA) is 70.9 Å². The maximum atomic E-state index is 12.5. The van der Waals surface area contributed by atoms with Gasteiger partial charge in [0.15, 0.2) is 0 Å². The molecule has 0 saturated heterocycles. The summed E-state index contributed by atoms with van der Waals surface area (Å²) in [4.78, 5) is 15.6. The second kappa shape index (κ2) is 6.31. The average molecular weight is 320 g/mol. The van der Waals surface area contributed by atoms with Crippen molar-refractivity contribution in [2.45, 2.75) is 38.6 Å². The van der Waals surface area contributed by atoms with Gasteiger partial charge in [-0.05, 0) is 57.2 Å². The number of benzene rings is 1. The predicted molar refractivity (Wildman–Crippen MR) is 90.3 cm³/mol. The number of aromatic amines is 1. The normalized spacial score (nSPS) is 21.4. The Morgan fingerprint density at radius 3 is 3.05 bits per heavy atom. The number of carbonyl (C=O) groups excluding carboxylic acids is 1. The lowest BCUT2D eigenvalue weighted by Crippen LogP contribution is -2.33. The van der Waals surface area contributed by atoms with Crippen molar-refractivity contribution in [2.75, 3.05) is 6.54 Å². The fraction of sp³-hybridized carbons (Fsp3) is 0.471. The van der Waals surface area contributed by atoms with Crippen LogP contribution in [-0.4, -0.2) is 23.5 Å². The molecule has 1 aromatic heterocycles. The number of nitrogens with one attached hydrogen (secondary N) is 2. The van der Waals surface area contributed by atoms with Crippen LogP contribution in [0.25, 0.3) is 10.9 Å². The molecular formula is C17H22ClN3O. The Bertz CT molecular complexity index is 695. The third-order valence-corrected chi connectivity index (χ3v) is 4.96. The predicted octanol–water partition coefficient (Wildman–Crippen LogP) is 3.38. The molecule has 0 radical (unpaired) electrons. The highest BCUT2D eigenvalue weighted by atomic mass is 35.5. The molecule has 22 heavy (non-hydrogen) atoms. The van der Waals surface area contributed by atoms with Gasteiger partial charge in [-0.2, -0.15) is 0 Å². The first kappa shape index (κ1) is 15.4. The third kappa shape index (κ3) is 2.99. The monoisotopic (exact) mass is 319 g/mol. The minimum atomic E-state index is -0.114. The minimum Gasteiger partial charge on any atom is -0.349 e. The fourth-order valence-electron chi connectivity index (χ4n) is 3.39. The molecule has 1 amide bonds. The van der Waals surface area contributed by atoms with Gasteiger partial charge in [0.2, 0.25) is 0 Å². The van der Waals surface area contributed by atoms with Crippen LogP contribution in [0, 0.1) is 12.8 Å². The molecular weight excluding hydrogens is 298 g/mol. The van der Waals surface area contributed by atoms with Crippen LogP contribution in [0.2, 0.25) is 5.02 Å². The first-order chi connectivity index (χ1) is 10.6. The highest BCUT2D eigenvalue weighted by molar-refractivity contribution is 6.38. The van der Waals surface area contributed by atoms with E-state index in [1.165, 1.54) is 0 Å². The van der Waals surface area contributed by atoms with Crippen LogP contribution >= 0.6 is 11.6 Å². The Kier molecular flexibility index (Phi) is 4.41. The number of carbonyl (C=O) groups is 1. The van der Waals surface area contributed by atoms with E-state index in [4.69, 9.17) is 17.3 Å². The standard InChI is InChI=1S/C17H22ClN3O/c1-10-2-5-14-13(8-10)15(18)16(21-14)17(22)20-12-4-3-11(9-12)6-7-19/h2,5,8,11-12,21H,3-4,6-7,9,19H2,1H3,(H,20,22). The molecule has 1 aromatic carbocycles. The molecule has 1 aliphatic rings. The van der Waals surface area contributed by atoms with Gasteiger partial charge < -0.3 is 16.0 Å². The summed E-state index contributed by atoms with van der Waals surface area (Å²) >= 11 is 6.38. The van der Waals surface area contributed by atoms with Gasteiger partial charge in [-0.15, -0.1) is 0 Å². The quantitative estimate of drug-likeness (QED) is 0.808. The Labute approximate surface area is 135 Å². The van der Waals surface area contributed by atoms with Crippen LogP contribution in [-0.2, 0) is 0 Å². The van der Waals surface area contributed by atoms with E-state index in [0.717, 1.165) is 48.7 Å². The minimum absolute atomic E-state index is 0.114. The molecule has 2 unspecified atom stereocenters. The number of halogens is 1. The SMILES string of the molecule is Cc1ccc2[nH]c(C(=O)NC3CCC(CCN)C3)c(Cl)c2c1. The summed E-state index contributed by atoms with van der Waals surface area (Å²) in [6.45, 7) is 2.73. The van der Waals surface area contributed by atoms with Gasteiger partial charge in [0.05, 0.1) is 5.02 Å². The summed E-state index contributed by atoms with van der Waals surface area (Å²) in [6.07, 6.45) is 4.22. The molecule has 3 rings (SSSR count). The first-order valence-electron chi connectivity index (χ1n) is 7.87. The summed E-state index contributed by atoms with van der Waals surface area (Å²) < 4.78 is 0. The lowest BCUT2D eigenvalue weighted by Gasteiger charge is -2.12. The first-order valence-corrected chi connectivity index (χ1v) is 8.25. The van der Waals surface area contributed by atoms with E-state index in [1.54, 1.807) is 0 Å². The van der Waals surface area contributed by atoms with Crippen molar-refractivity contribution in [1.29, 1.82) is 0 Å². The van der Waals surface area contributed by atoms with Gasteiger partial charge in [0.1, 0.15) is 5.69 Å². The van der Waals surface area contributed by atoms with Gasteiger partial charge in [-0.25, -0.2) is 0 Å². The number of fused-ring (bicyclic) bond motifs is 1. The highest BCUT2D eigenvalue weighted by Crippen LogP contribution is 2.30. The zero-order valence-electron chi connectivity index (χ0n) is 12.8. The summed E-state index contributed by atoms with van der Waals surface area (Å²) in [6, 6.07) is 6.19. The largest absolute Gasteiger partial charge is 0.349 e.